The number of thiophene rings is 1. The summed E-state index contributed by atoms with van der Waals surface area (Å²) in [6, 6.07) is 1.80. The molecule has 0 radical (unpaired) electrons. The number of hydrogen-bond acceptors (Lipinski definition) is 4. The molecule has 0 aliphatic heterocycles. The van der Waals surface area contributed by atoms with Crippen molar-refractivity contribution in [3.63, 3.8) is 0 Å². The molecule has 2 N–H and O–H groups in total. The summed E-state index contributed by atoms with van der Waals surface area (Å²) in [6.45, 7) is 5.00. The fourth-order valence-electron chi connectivity index (χ4n) is 2.75. The number of hydrogen-bond donors (Lipinski definition) is 2. The third kappa shape index (κ3) is 3.61. The average molecular weight is 316 g/mol. The van der Waals surface area contributed by atoms with Gasteiger partial charge in [-0.1, -0.05) is 26.7 Å². The van der Waals surface area contributed by atoms with E-state index >= 15 is 0 Å². The number of nitrogens with one attached hydrogen (secondary N) is 2. The van der Waals surface area contributed by atoms with Gasteiger partial charge >= 0.3 is 0 Å². The minimum absolute atomic E-state index is 0.0381. The molecule has 1 aliphatic carbocycles. The van der Waals surface area contributed by atoms with Gasteiger partial charge in [0.1, 0.15) is 4.21 Å². The van der Waals surface area contributed by atoms with Crippen molar-refractivity contribution < 1.29 is 8.42 Å². The van der Waals surface area contributed by atoms with E-state index in [4.69, 9.17) is 0 Å². The molecule has 1 heterocycles. The van der Waals surface area contributed by atoms with Crippen LogP contribution in [-0.2, 0) is 16.6 Å². The van der Waals surface area contributed by atoms with Gasteiger partial charge in [-0.15, -0.1) is 11.3 Å². The van der Waals surface area contributed by atoms with E-state index in [-0.39, 0.29) is 11.5 Å². The predicted octanol–water partition coefficient (Wildman–Crippen LogP) is 2.71. The standard InChI is InChI=1S/C14H24N2O2S2/c1-14(2)7-5-4-6-12(14)16-20(17,18)13-8-11(9-15-3)10-19-13/h8,10,12,15-16H,4-7,9H2,1-3H3. The van der Waals surface area contributed by atoms with Crippen LogP contribution in [0.15, 0.2) is 15.7 Å². The van der Waals surface area contributed by atoms with Gasteiger partial charge in [-0.25, -0.2) is 13.1 Å². The van der Waals surface area contributed by atoms with E-state index in [1.54, 1.807) is 6.07 Å². The van der Waals surface area contributed by atoms with Crippen LogP contribution in [0.4, 0.5) is 0 Å². The summed E-state index contributed by atoms with van der Waals surface area (Å²) in [5.74, 6) is 0. The first-order chi connectivity index (χ1) is 9.35. The lowest BCUT2D eigenvalue weighted by Gasteiger charge is -2.38. The van der Waals surface area contributed by atoms with Crippen molar-refractivity contribution in [1.82, 2.24) is 10.0 Å². The van der Waals surface area contributed by atoms with Crippen molar-refractivity contribution in [3.8, 4) is 0 Å². The molecule has 1 fully saturated rings. The Morgan fingerprint density at radius 1 is 1.40 bits per heavy atom. The summed E-state index contributed by atoms with van der Waals surface area (Å²) >= 11 is 1.29. The first-order valence-corrected chi connectivity index (χ1v) is 9.46. The minimum atomic E-state index is -3.39. The van der Waals surface area contributed by atoms with Gasteiger partial charge in [0.15, 0.2) is 0 Å². The summed E-state index contributed by atoms with van der Waals surface area (Å²) in [7, 11) is -1.53. The smallest absolute Gasteiger partial charge is 0.250 e. The van der Waals surface area contributed by atoms with Crippen LogP contribution in [0.1, 0.15) is 45.1 Å². The van der Waals surface area contributed by atoms with E-state index in [9.17, 15) is 8.42 Å². The van der Waals surface area contributed by atoms with Crippen molar-refractivity contribution in [3.05, 3.63) is 17.0 Å². The zero-order valence-electron chi connectivity index (χ0n) is 12.4. The Labute approximate surface area is 126 Å². The molecule has 0 bridgehead atoms. The molecule has 1 aliphatic rings. The highest BCUT2D eigenvalue weighted by molar-refractivity contribution is 7.91. The molecule has 114 valence electrons. The summed E-state index contributed by atoms with van der Waals surface area (Å²) in [5.41, 5.74) is 1.05. The Morgan fingerprint density at radius 3 is 2.80 bits per heavy atom. The Bertz CT molecular complexity index is 549. The first kappa shape index (κ1) is 15.9. The fraction of sp³-hybridized carbons (Fsp3) is 0.714. The lowest BCUT2D eigenvalue weighted by molar-refractivity contribution is 0.188. The molecule has 0 saturated heterocycles. The molecule has 1 atom stereocenters. The SMILES string of the molecule is CNCc1csc(S(=O)(=O)NC2CCCCC2(C)C)c1. The summed E-state index contributed by atoms with van der Waals surface area (Å²) in [6.07, 6.45) is 4.30. The number of sulfonamides is 1. The molecule has 1 aromatic heterocycles. The molecule has 0 aromatic carbocycles. The van der Waals surface area contributed by atoms with Crippen LogP contribution in [0, 0.1) is 5.41 Å². The van der Waals surface area contributed by atoms with Crippen LogP contribution in [0.5, 0.6) is 0 Å². The van der Waals surface area contributed by atoms with E-state index in [2.05, 4.69) is 23.9 Å². The Kier molecular flexibility index (Phi) is 4.89. The Hall–Kier alpha value is -0.430. The molecule has 0 amide bonds. The van der Waals surface area contributed by atoms with E-state index in [0.29, 0.717) is 10.8 Å². The van der Waals surface area contributed by atoms with Crippen LogP contribution < -0.4 is 10.0 Å². The molecule has 1 aromatic rings. The minimum Gasteiger partial charge on any atom is -0.316 e. The van der Waals surface area contributed by atoms with Gasteiger partial charge in [-0.2, -0.15) is 0 Å². The largest absolute Gasteiger partial charge is 0.316 e. The fourth-order valence-corrected chi connectivity index (χ4v) is 5.42. The van der Waals surface area contributed by atoms with Crippen LogP contribution in [0.3, 0.4) is 0 Å². The monoisotopic (exact) mass is 316 g/mol. The van der Waals surface area contributed by atoms with Crippen molar-refractivity contribution >= 4 is 21.4 Å². The van der Waals surface area contributed by atoms with Crippen LogP contribution in [0.25, 0.3) is 0 Å². The maximum atomic E-state index is 12.5. The van der Waals surface area contributed by atoms with Gasteiger partial charge < -0.3 is 5.32 Å². The second-order valence-electron chi connectivity index (χ2n) is 6.21. The van der Waals surface area contributed by atoms with Crippen molar-refractivity contribution in [2.45, 2.75) is 56.3 Å². The molecule has 4 nitrogen and oxygen atoms in total. The van der Waals surface area contributed by atoms with Gasteiger partial charge in [0, 0.05) is 12.6 Å². The molecule has 1 saturated carbocycles. The molecule has 2 rings (SSSR count). The van der Waals surface area contributed by atoms with Crippen molar-refractivity contribution in [1.29, 1.82) is 0 Å². The summed E-state index contributed by atoms with van der Waals surface area (Å²) in [4.78, 5) is 0. The second-order valence-corrected chi connectivity index (χ2v) is 9.06. The molecule has 1 unspecified atom stereocenters. The zero-order chi connectivity index (χ0) is 14.8. The molecule has 20 heavy (non-hydrogen) atoms. The lowest BCUT2D eigenvalue weighted by atomic mass is 9.74. The second kappa shape index (κ2) is 6.13. The highest BCUT2D eigenvalue weighted by Crippen LogP contribution is 2.36. The van der Waals surface area contributed by atoms with E-state index in [0.717, 1.165) is 24.8 Å². The summed E-state index contributed by atoms with van der Waals surface area (Å²) in [5, 5.41) is 4.93. The molecule has 6 heteroatoms. The number of rotatable bonds is 5. The Morgan fingerprint density at radius 2 is 2.15 bits per heavy atom. The molecular formula is C14H24N2O2S2. The summed E-state index contributed by atoms with van der Waals surface area (Å²) < 4.78 is 28.3. The highest BCUT2D eigenvalue weighted by atomic mass is 32.2. The van der Waals surface area contributed by atoms with Gasteiger partial charge in [0.25, 0.3) is 0 Å². The molecule has 0 spiro atoms. The average Bonchev–Trinajstić information content (AvgIpc) is 2.82. The van der Waals surface area contributed by atoms with Gasteiger partial charge in [-0.3, -0.25) is 0 Å². The molecular weight excluding hydrogens is 292 g/mol. The van der Waals surface area contributed by atoms with E-state index in [1.807, 2.05) is 12.4 Å². The first-order valence-electron chi connectivity index (χ1n) is 7.09. The normalized spacial score (nSPS) is 22.9. The van der Waals surface area contributed by atoms with Crippen LogP contribution >= 0.6 is 11.3 Å². The lowest BCUT2D eigenvalue weighted by Crippen LogP contribution is -2.46. The maximum Gasteiger partial charge on any atom is 0.250 e. The van der Waals surface area contributed by atoms with E-state index in [1.165, 1.54) is 17.8 Å². The topological polar surface area (TPSA) is 58.2 Å². The van der Waals surface area contributed by atoms with Crippen molar-refractivity contribution in [2.75, 3.05) is 7.05 Å². The third-order valence-electron chi connectivity index (χ3n) is 4.08. The highest BCUT2D eigenvalue weighted by Gasteiger charge is 2.35. The zero-order valence-corrected chi connectivity index (χ0v) is 14.0. The van der Waals surface area contributed by atoms with Gasteiger partial charge in [0.2, 0.25) is 10.0 Å². The van der Waals surface area contributed by atoms with Crippen LogP contribution in [0.2, 0.25) is 0 Å². The van der Waals surface area contributed by atoms with Crippen LogP contribution in [-0.4, -0.2) is 21.5 Å². The quantitative estimate of drug-likeness (QED) is 0.878. The predicted molar refractivity (Wildman–Crippen MR) is 83.4 cm³/mol. The third-order valence-corrected chi connectivity index (χ3v) is 7.04. The van der Waals surface area contributed by atoms with Gasteiger partial charge in [0.05, 0.1) is 0 Å². The van der Waals surface area contributed by atoms with E-state index < -0.39 is 10.0 Å². The maximum absolute atomic E-state index is 12.5. The van der Waals surface area contributed by atoms with Gasteiger partial charge in [-0.05, 0) is 42.3 Å². The van der Waals surface area contributed by atoms with Crippen molar-refractivity contribution in [2.24, 2.45) is 5.41 Å². The Balaban J connectivity index is 2.13.